The molecule has 0 aliphatic heterocycles. The first-order chi connectivity index (χ1) is 5.94. The van der Waals surface area contributed by atoms with Gasteiger partial charge in [-0.05, 0) is 17.7 Å². The fourth-order valence-corrected chi connectivity index (χ4v) is 0.996. The first-order valence-corrected chi connectivity index (χ1v) is 3.95. The number of benzene rings is 1. The third kappa shape index (κ3) is 1.80. The van der Waals surface area contributed by atoms with Crippen molar-refractivity contribution in [2.45, 2.75) is 19.3 Å². The number of aliphatic carboxylic acids is 1. The Morgan fingerprint density at radius 1 is 1.31 bits per heavy atom. The van der Waals surface area contributed by atoms with Crippen molar-refractivity contribution in [3.05, 3.63) is 29.8 Å². The molecule has 1 aromatic rings. The minimum Gasteiger partial charge on any atom is -0.549 e. The maximum Gasteiger partial charge on any atom is 0.115 e. The van der Waals surface area contributed by atoms with Crippen molar-refractivity contribution < 1.29 is 15.0 Å². The van der Waals surface area contributed by atoms with E-state index < -0.39 is 11.4 Å². The van der Waals surface area contributed by atoms with Crippen LogP contribution in [0.2, 0.25) is 0 Å². The summed E-state index contributed by atoms with van der Waals surface area (Å²) in [5, 5.41) is 19.7. The highest BCUT2D eigenvalue weighted by atomic mass is 16.4. The van der Waals surface area contributed by atoms with E-state index in [1.165, 1.54) is 12.1 Å². The van der Waals surface area contributed by atoms with E-state index >= 15 is 0 Å². The van der Waals surface area contributed by atoms with E-state index in [1.54, 1.807) is 26.0 Å². The Hall–Kier alpha value is -1.51. The number of carbonyl (C=O) groups is 1. The number of rotatable bonds is 2. The van der Waals surface area contributed by atoms with Gasteiger partial charge in [0.05, 0.1) is 5.97 Å². The molecule has 0 heterocycles. The topological polar surface area (TPSA) is 60.4 Å². The largest absolute Gasteiger partial charge is 0.549 e. The van der Waals surface area contributed by atoms with E-state index in [0.29, 0.717) is 5.56 Å². The van der Waals surface area contributed by atoms with Crippen LogP contribution in [0, 0.1) is 0 Å². The average molecular weight is 179 g/mol. The van der Waals surface area contributed by atoms with E-state index in [9.17, 15) is 9.90 Å². The van der Waals surface area contributed by atoms with Gasteiger partial charge in [0, 0.05) is 5.41 Å². The Bertz CT molecular complexity index is 311. The van der Waals surface area contributed by atoms with Gasteiger partial charge in [-0.1, -0.05) is 26.0 Å². The number of aromatic hydroxyl groups is 1. The lowest BCUT2D eigenvalue weighted by atomic mass is 9.85. The third-order valence-corrected chi connectivity index (χ3v) is 2.10. The maximum atomic E-state index is 10.7. The van der Waals surface area contributed by atoms with Crippen LogP contribution in [-0.2, 0) is 10.2 Å². The predicted octanol–water partition coefficient (Wildman–Crippen LogP) is 0.420. The molecule has 0 amide bonds. The molecule has 0 aromatic heterocycles. The summed E-state index contributed by atoms with van der Waals surface area (Å²) in [6, 6.07) is 6.07. The Balaban J connectivity index is 3.08. The van der Waals surface area contributed by atoms with Crippen molar-refractivity contribution in [3.63, 3.8) is 0 Å². The Kier molecular flexibility index (Phi) is 2.28. The smallest absolute Gasteiger partial charge is 0.115 e. The standard InChI is InChI=1S/C10H12O3/c1-10(2,9(12)13)7-3-5-8(11)6-4-7/h3-6,11H,1-2H3,(H,12,13)/p-1. The summed E-state index contributed by atoms with van der Waals surface area (Å²) >= 11 is 0. The van der Waals surface area contributed by atoms with Crippen molar-refractivity contribution in [3.8, 4) is 5.75 Å². The quantitative estimate of drug-likeness (QED) is 0.715. The molecule has 0 spiro atoms. The van der Waals surface area contributed by atoms with Gasteiger partial charge in [0.15, 0.2) is 0 Å². The number of phenols is 1. The van der Waals surface area contributed by atoms with Gasteiger partial charge in [0.25, 0.3) is 0 Å². The van der Waals surface area contributed by atoms with Crippen LogP contribution in [0.25, 0.3) is 0 Å². The molecule has 0 saturated carbocycles. The lowest BCUT2D eigenvalue weighted by Gasteiger charge is -2.26. The molecular formula is C10H11O3-. The van der Waals surface area contributed by atoms with E-state index in [2.05, 4.69) is 0 Å². The summed E-state index contributed by atoms with van der Waals surface area (Å²) < 4.78 is 0. The first kappa shape index (κ1) is 9.58. The van der Waals surface area contributed by atoms with E-state index in [-0.39, 0.29) is 5.75 Å². The molecular weight excluding hydrogens is 168 g/mol. The van der Waals surface area contributed by atoms with Crippen LogP contribution in [0.4, 0.5) is 0 Å². The summed E-state index contributed by atoms with van der Waals surface area (Å²) in [6.45, 7) is 3.13. The zero-order chi connectivity index (χ0) is 10.1. The van der Waals surface area contributed by atoms with E-state index in [1.807, 2.05) is 0 Å². The summed E-state index contributed by atoms with van der Waals surface area (Å²) in [6.07, 6.45) is 0. The van der Waals surface area contributed by atoms with Gasteiger partial charge in [0.2, 0.25) is 0 Å². The number of hydrogen-bond acceptors (Lipinski definition) is 3. The van der Waals surface area contributed by atoms with E-state index in [4.69, 9.17) is 5.11 Å². The Morgan fingerprint density at radius 3 is 2.15 bits per heavy atom. The minimum absolute atomic E-state index is 0.123. The van der Waals surface area contributed by atoms with Gasteiger partial charge in [-0.15, -0.1) is 0 Å². The molecule has 0 aliphatic carbocycles. The molecule has 0 unspecified atom stereocenters. The molecule has 0 fully saturated rings. The number of carboxylic acid groups (broad SMARTS) is 1. The number of phenolic OH excluding ortho intramolecular Hbond substituents is 1. The molecule has 0 atom stereocenters. The zero-order valence-corrected chi connectivity index (χ0v) is 7.57. The molecule has 0 bridgehead atoms. The van der Waals surface area contributed by atoms with Crippen LogP contribution in [0.1, 0.15) is 19.4 Å². The molecule has 13 heavy (non-hydrogen) atoms. The summed E-state index contributed by atoms with van der Waals surface area (Å²) in [7, 11) is 0. The van der Waals surface area contributed by atoms with Gasteiger partial charge in [0.1, 0.15) is 5.75 Å². The lowest BCUT2D eigenvalue weighted by molar-refractivity contribution is -0.312. The highest BCUT2D eigenvalue weighted by Gasteiger charge is 2.21. The highest BCUT2D eigenvalue weighted by Crippen LogP contribution is 2.23. The van der Waals surface area contributed by atoms with Gasteiger partial charge in [-0.3, -0.25) is 0 Å². The highest BCUT2D eigenvalue weighted by molar-refractivity contribution is 5.78. The molecule has 70 valence electrons. The van der Waals surface area contributed by atoms with Gasteiger partial charge >= 0.3 is 0 Å². The number of carboxylic acids is 1. The zero-order valence-electron chi connectivity index (χ0n) is 7.57. The SMILES string of the molecule is CC(C)(C(=O)[O-])c1ccc(O)cc1. The van der Waals surface area contributed by atoms with Gasteiger partial charge < -0.3 is 15.0 Å². The molecule has 3 nitrogen and oxygen atoms in total. The predicted molar refractivity (Wildman–Crippen MR) is 46.1 cm³/mol. The number of hydrogen-bond donors (Lipinski definition) is 1. The molecule has 0 radical (unpaired) electrons. The van der Waals surface area contributed by atoms with Crippen LogP contribution in [0.5, 0.6) is 5.75 Å². The molecule has 1 N–H and O–H groups in total. The number of carbonyl (C=O) groups excluding carboxylic acids is 1. The molecule has 0 saturated heterocycles. The summed E-state index contributed by atoms with van der Waals surface area (Å²) in [5.74, 6) is -1.00. The van der Waals surface area contributed by atoms with Crippen LogP contribution in [0.3, 0.4) is 0 Å². The Morgan fingerprint density at radius 2 is 1.77 bits per heavy atom. The maximum absolute atomic E-state index is 10.7. The molecule has 3 heteroatoms. The second-order valence-corrected chi connectivity index (χ2v) is 3.46. The fraction of sp³-hybridized carbons (Fsp3) is 0.300. The van der Waals surface area contributed by atoms with E-state index in [0.717, 1.165) is 0 Å². The van der Waals surface area contributed by atoms with Gasteiger partial charge in [-0.25, -0.2) is 0 Å². The van der Waals surface area contributed by atoms with Crippen LogP contribution in [0.15, 0.2) is 24.3 Å². The van der Waals surface area contributed by atoms with Crippen molar-refractivity contribution in [1.29, 1.82) is 0 Å². The Labute approximate surface area is 76.6 Å². The molecule has 1 rings (SSSR count). The van der Waals surface area contributed by atoms with Crippen molar-refractivity contribution in [2.75, 3.05) is 0 Å². The lowest BCUT2D eigenvalue weighted by Crippen LogP contribution is -2.41. The summed E-state index contributed by atoms with van der Waals surface area (Å²) in [4.78, 5) is 10.7. The normalized spacial score (nSPS) is 11.2. The van der Waals surface area contributed by atoms with Crippen molar-refractivity contribution >= 4 is 5.97 Å². The van der Waals surface area contributed by atoms with Gasteiger partial charge in [-0.2, -0.15) is 0 Å². The average Bonchev–Trinajstić information content (AvgIpc) is 2.04. The minimum atomic E-state index is -1.13. The first-order valence-electron chi connectivity index (χ1n) is 3.95. The van der Waals surface area contributed by atoms with Crippen LogP contribution >= 0.6 is 0 Å². The molecule has 1 aromatic carbocycles. The second kappa shape index (κ2) is 3.09. The van der Waals surface area contributed by atoms with Crippen molar-refractivity contribution in [1.82, 2.24) is 0 Å². The summed E-state index contributed by atoms with van der Waals surface area (Å²) in [5.41, 5.74) is -0.404. The fourth-order valence-electron chi connectivity index (χ4n) is 0.996. The monoisotopic (exact) mass is 179 g/mol. The van der Waals surface area contributed by atoms with Crippen LogP contribution < -0.4 is 5.11 Å². The second-order valence-electron chi connectivity index (χ2n) is 3.46. The van der Waals surface area contributed by atoms with Crippen LogP contribution in [-0.4, -0.2) is 11.1 Å². The molecule has 0 aliphatic rings. The van der Waals surface area contributed by atoms with Crippen molar-refractivity contribution in [2.24, 2.45) is 0 Å². The third-order valence-electron chi connectivity index (χ3n) is 2.10.